The van der Waals surface area contributed by atoms with Crippen LogP contribution in [0.2, 0.25) is 0 Å². The van der Waals surface area contributed by atoms with Gasteiger partial charge in [-0.3, -0.25) is 9.69 Å². The van der Waals surface area contributed by atoms with Crippen LogP contribution >= 0.6 is 0 Å². The second-order valence-electron chi connectivity index (χ2n) is 3.90. The summed E-state index contributed by atoms with van der Waals surface area (Å²) < 4.78 is 4.91. The van der Waals surface area contributed by atoms with Gasteiger partial charge in [0, 0.05) is 33.4 Å². The highest BCUT2D eigenvalue weighted by atomic mass is 16.5. The number of ether oxygens (including phenoxy) is 1. The summed E-state index contributed by atoms with van der Waals surface area (Å²) in [7, 11) is 5.52. The predicted octanol–water partition coefficient (Wildman–Crippen LogP) is -0.321. The number of hydrogen-bond donors (Lipinski definition) is 2. The number of rotatable bonds is 9. The molecule has 0 aliphatic rings. The largest absolute Gasteiger partial charge is 0.385 e. The Bertz CT molecular complexity index is 188. The molecule has 1 amide bonds. The molecule has 5 heteroatoms. The van der Waals surface area contributed by atoms with E-state index in [-0.39, 0.29) is 11.9 Å². The first-order valence-electron chi connectivity index (χ1n) is 5.75. The smallest absolute Gasteiger partial charge is 0.237 e. The van der Waals surface area contributed by atoms with E-state index in [1.165, 1.54) is 0 Å². The van der Waals surface area contributed by atoms with Crippen LogP contribution < -0.4 is 10.6 Å². The third kappa shape index (κ3) is 6.76. The Morgan fingerprint density at radius 1 is 1.44 bits per heavy atom. The van der Waals surface area contributed by atoms with Crippen LogP contribution in [0.25, 0.3) is 0 Å². The molecule has 0 aromatic rings. The lowest BCUT2D eigenvalue weighted by Gasteiger charge is -2.23. The van der Waals surface area contributed by atoms with Gasteiger partial charge in [-0.25, -0.2) is 0 Å². The molecule has 0 radical (unpaired) electrons. The second kappa shape index (κ2) is 9.57. The molecule has 0 aliphatic heterocycles. The molecule has 96 valence electrons. The summed E-state index contributed by atoms with van der Waals surface area (Å²) in [5.74, 6) is 0.0784. The number of likely N-dealkylation sites (N-methyl/N-ethyl adjacent to an activating group) is 2. The number of amides is 1. The molecule has 1 atom stereocenters. The molecule has 0 spiro atoms. The van der Waals surface area contributed by atoms with E-state index in [0.29, 0.717) is 13.2 Å². The molecule has 0 aromatic carbocycles. The zero-order chi connectivity index (χ0) is 12.4. The molecule has 0 fully saturated rings. The maximum atomic E-state index is 11.7. The van der Waals surface area contributed by atoms with E-state index in [1.807, 2.05) is 25.9 Å². The van der Waals surface area contributed by atoms with Crippen molar-refractivity contribution >= 4 is 5.91 Å². The summed E-state index contributed by atoms with van der Waals surface area (Å²) in [6.45, 7) is 5.03. The minimum absolute atomic E-state index is 0.0784. The van der Waals surface area contributed by atoms with Crippen LogP contribution in [-0.2, 0) is 9.53 Å². The Morgan fingerprint density at radius 2 is 2.12 bits per heavy atom. The summed E-state index contributed by atoms with van der Waals surface area (Å²) in [6.07, 6.45) is 0.856. The van der Waals surface area contributed by atoms with Gasteiger partial charge in [0.25, 0.3) is 0 Å². The van der Waals surface area contributed by atoms with Crippen LogP contribution in [0.5, 0.6) is 0 Å². The van der Waals surface area contributed by atoms with Gasteiger partial charge in [0.05, 0.1) is 6.04 Å². The highest BCUT2D eigenvalue weighted by molar-refractivity contribution is 5.81. The number of nitrogens with one attached hydrogen (secondary N) is 2. The monoisotopic (exact) mass is 231 g/mol. The Balaban J connectivity index is 3.70. The molecule has 5 nitrogen and oxygen atoms in total. The van der Waals surface area contributed by atoms with Gasteiger partial charge in [-0.1, -0.05) is 0 Å². The van der Waals surface area contributed by atoms with Crippen LogP contribution in [0.3, 0.4) is 0 Å². The number of hydrogen-bond acceptors (Lipinski definition) is 4. The molecule has 1 unspecified atom stereocenters. The van der Waals surface area contributed by atoms with Crippen molar-refractivity contribution in [3.8, 4) is 0 Å². The van der Waals surface area contributed by atoms with Gasteiger partial charge in [0.15, 0.2) is 0 Å². The lowest BCUT2D eigenvalue weighted by molar-refractivity contribution is -0.125. The van der Waals surface area contributed by atoms with Gasteiger partial charge >= 0.3 is 0 Å². The van der Waals surface area contributed by atoms with Crippen LogP contribution in [0.1, 0.15) is 13.3 Å². The standard InChI is InChI=1S/C11H25N3O2/c1-10(14(3)8-7-12-2)11(15)13-6-5-9-16-4/h10,12H,5-9H2,1-4H3,(H,13,15). The van der Waals surface area contributed by atoms with Crippen molar-refractivity contribution in [2.75, 3.05) is 47.4 Å². The molecular formula is C11H25N3O2. The van der Waals surface area contributed by atoms with E-state index in [9.17, 15) is 4.79 Å². The fourth-order valence-corrected chi connectivity index (χ4v) is 1.26. The van der Waals surface area contributed by atoms with Crippen molar-refractivity contribution in [2.24, 2.45) is 0 Å². The predicted molar refractivity (Wildman–Crippen MR) is 65.5 cm³/mol. The first-order chi connectivity index (χ1) is 7.63. The van der Waals surface area contributed by atoms with E-state index in [2.05, 4.69) is 10.6 Å². The van der Waals surface area contributed by atoms with Crippen molar-refractivity contribution < 1.29 is 9.53 Å². The van der Waals surface area contributed by atoms with Crippen molar-refractivity contribution in [3.05, 3.63) is 0 Å². The van der Waals surface area contributed by atoms with Crippen LogP contribution in [0, 0.1) is 0 Å². The Labute approximate surface area is 98.5 Å². The highest BCUT2D eigenvalue weighted by Gasteiger charge is 2.16. The number of carbonyl (C=O) groups is 1. The minimum Gasteiger partial charge on any atom is -0.385 e. The quantitative estimate of drug-likeness (QED) is 0.534. The lowest BCUT2D eigenvalue weighted by Crippen LogP contribution is -2.45. The zero-order valence-electron chi connectivity index (χ0n) is 10.9. The van der Waals surface area contributed by atoms with Gasteiger partial charge in [-0.2, -0.15) is 0 Å². The van der Waals surface area contributed by atoms with E-state index in [0.717, 1.165) is 19.5 Å². The Hall–Kier alpha value is -0.650. The maximum absolute atomic E-state index is 11.7. The number of carbonyl (C=O) groups excluding carboxylic acids is 1. The van der Waals surface area contributed by atoms with E-state index in [4.69, 9.17) is 4.74 Å². The molecular weight excluding hydrogens is 206 g/mol. The molecule has 0 saturated heterocycles. The molecule has 0 aliphatic carbocycles. The molecule has 0 rings (SSSR count). The summed E-state index contributed by atoms with van der Waals surface area (Å²) >= 11 is 0. The normalized spacial score (nSPS) is 12.8. The topological polar surface area (TPSA) is 53.6 Å². The van der Waals surface area contributed by atoms with Crippen LogP contribution in [0.15, 0.2) is 0 Å². The van der Waals surface area contributed by atoms with E-state index >= 15 is 0 Å². The van der Waals surface area contributed by atoms with Crippen LogP contribution in [0.4, 0.5) is 0 Å². The molecule has 0 saturated carbocycles. The maximum Gasteiger partial charge on any atom is 0.237 e. The molecule has 2 N–H and O–H groups in total. The zero-order valence-corrected chi connectivity index (χ0v) is 10.9. The average molecular weight is 231 g/mol. The lowest BCUT2D eigenvalue weighted by atomic mass is 10.2. The van der Waals surface area contributed by atoms with Gasteiger partial charge in [0.2, 0.25) is 5.91 Å². The highest BCUT2D eigenvalue weighted by Crippen LogP contribution is 1.94. The third-order valence-corrected chi connectivity index (χ3v) is 2.58. The van der Waals surface area contributed by atoms with Crippen molar-refractivity contribution in [1.82, 2.24) is 15.5 Å². The van der Waals surface area contributed by atoms with Gasteiger partial charge in [-0.05, 0) is 27.4 Å². The first kappa shape index (κ1) is 15.3. The second-order valence-corrected chi connectivity index (χ2v) is 3.90. The van der Waals surface area contributed by atoms with Gasteiger partial charge in [0.1, 0.15) is 0 Å². The molecule has 0 bridgehead atoms. The fourth-order valence-electron chi connectivity index (χ4n) is 1.26. The summed E-state index contributed by atoms with van der Waals surface area (Å²) in [4.78, 5) is 13.7. The van der Waals surface area contributed by atoms with Crippen molar-refractivity contribution in [2.45, 2.75) is 19.4 Å². The Morgan fingerprint density at radius 3 is 2.69 bits per heavy atom. The summed E-state index contributed by atoms with van der Waals surface area (Å²) in [5, 5.41) is 5.96. The van der Waals surface area contributed by atoms with E-state index in [1.54, 1.807) is 7.11 Å². The van der Waals surface area contributed by atoms with Crippen molar-refractivity contribution in [1.29, 1.82) is 0 Å². The van der Waals surface area contributed by atoms with Crippen molar-refractivity contribution in [3.63, 3.8) is 0 Å². The third-order valence-electron chi connectivity index (χ3n) is 2.58. The molecule has 0 heterocycles. The van der Waals surface area contributed by atoms with Gasteiger partial charge in [-0.15, -0.1) is 0 Å². The summed E-state index contributed by atoms with van der Waals surface area (Å²) in [6, 6.07) is -0.0871. The van der Waals surface area contributed by atoms with Gasteiger partial charge < -0.3 is 15.4 Å². The average Bonchev–Trinajstić information content (AvgIpc) is 2.30. The summed E-state index contributed by atoms with van der Waals surface area (Å²) in [5.41, 5.74) is 0. The number of methoxy groups -OCH3 is 1. The van der Waals surface area contributed by atoms with E-state index < -0.39 is 0 Å². The molecule has 0 aromatic heterocycles. The number of nitrogens with zero attached hydrogens (tertiary/aromatic N) is 1. The Kier molecular flexibility index (Phi) is 9.18. The SMILES string of the molecule is CNCCN(C)C(C)C(=O)NCCCOC. The fraction of sp³-hybridized carbons (Fsp3) is 0.909. The first-order valence-corrected chi connectivity index (χ1v) is 5.75. The molecule has 16 heavy (non-hydrogen) atoms. The van der Waals surface area contributed by atoms with Crippen LogP contribution in [-0.4, -0.2) is 64.3 Å². The minimum atomic E-state index is -0.0871.